The zero-order valence-corrected chi connectivity index (χ0v) is 18.4. The van der Waals surface area contributed by atoms with E-state index in [1.165, 1.54) is 37.8 Å². The Bertz CT molecular complexity index is 689. The summed E-state index contributed by atoms with van der Waals surface area (Å²) >= 11 is 0. The van der Waals surface area contributed by atoms with E-state index in [0.29, 0.717) is 18.0 Å². The Morgan fingerprint density at radius 2 is 1.96 bits per heavy atom. The van der Waals surface area contributed by atoms with Gasteiger partial charge in [-0.2, -0.15) is 0 Å². The van der Waals surface area contributed by atoms with Gasteiger partial charge in [0.05, 0.1) is 5.75 Å². The van der Waals surface area contributed by atoms with Crippen molar-refractivity contribution in [3.63, 3.8) is 0 Å². The average Bonchev–Trinajstić information content (AvgIpc) is 2.61. The van der Waals surface area contributed by atoms with Gasteiger partial charge < -0.3 is 4.90 Å². The number of hydrogen-bond acceptors (Lipinski definition) is 3. The Balaban J connectivity index is 2.04. The standard InChI is InChI=1S/C22H38N2O2S/c1-5-7-8-9-14-24-15-13-22(4,19(3)18-24)20-11-10-12-21(17-20)23-27(25,26)16-6-2/h10-12,17,19,23H,5-9,13-16,18H2,1-4H3. The van der Waals surface area contributed by atoms with E-state index in [-0.39, 0.29) is 11.2 Å². The number of unbranched alkanes of at least 4 members (excludes halogenated alkanes) is 3. The van der Waals surface area contributed by atoms with Gasteiger partial charge in [-0.05, 0) is 61.4 Å². The second-order valence-corrected chi connectivity index (χ2v) is 10.3. The molecule has 0 aliphatic carbocycles. The van der Waals surface area contributed by atoms with Gasteiger partial charge in [-0.15, -0.1) is 0 Å². The normalized spacial score (nSPS) is 24.1. The van der Waals surface area contributed by atoms with Crippen LogP contribution in [0.4, 0.5) is 5.69 Å². The van der Waals surface area contributed by atoms with Crippen LogP contribution in [-0.2, 0) is 15.4 Å². The maximum Gasteiger partial charge on any atom is 0.232 e. The molecule has 0 amide bonds. The molecule has 0 radical (unpaired) electrons. The van der Waals surface area contributed by atoms with Gasteiger partial charge in [0, 0.05) is 12.2 Å². The Morgan fingerprint density at radius 3 is 2.63 bits per heavy atom. The molecule has 1 fully saturated rings. The lowest BCUT2D eigenvalue weighted by molar-refractivity contribution is 0.109. The van der Waals surface area contributed by atoms with Crippen LogP contribution in [0.1, 0.15) is 71.8 Å². The number of piperidine rings is 1. The third kappa shape index (κ3) is 6.21. The lowest BCUT2D eigenvalue weighted by atomic mass is 9.68. The molecule has 0 bridgehead atoms. The van der Waals surface area contributed by atoms with E-state index >= 15 is 0 Å². The van der Waals surface area contributed by atoms with Crippen LogP contribution in [0.5, 0.6) is 0 Å². The van der Waals surface area contributed by atoms with Crippen LogP contribution >= 0.6 is 0 Å². The molecule has 0 aromatic heterocycles. The molecule has 154 valence electrons. The number of sulfonamides is 1. The highest BCUT2D eigenvalue weighted by Crippen LogP contribution is 2.40. The van der Waals surface area contributed by atoms with Crippen molar-refractivity contribution >= 4 is 15.7 Å². The first-order valence-corrected chi connectivity index (χ1v) is 12.3. The monoisotopic (exact) mass is 394 g/mol. The van der Waals surface area contributed by atoms with E-state index < -0.39 is 10.0 Å². The minimum Gasteiger partial charge on any atom is -0.303 e. The van der Waals surface area contributed by atoms with Crippen LogP contribution in [-0.4, -0.2) is 38.7 Å². The molecule has 1 aromatic carbocycles. The Labute approximate surface area is 166 Å². The second-order valence-electron chi connectivity index (χ2n) is 8.43. The number of likely N-dealkylation sites (tertiary alicyclic amines) is 1. The van der Waals surface area contributed by atoms with Crippen LogP contribution in [0.3, 0.4) is 0 Å². The third-order valence-corrected chi connectivity index (χ3v) is 7.66. The summed E-state index contributed by atoms with van der Waals surface area (Å²) in [6.07, 6.45) is 6.99. The molecule has 0 saturated carbocycles. The molecule has 4 nitrogen and oxygen atoms in total. The van der Waals surface area contributed by atoms with Crippen LogP contribution < -0.4 is 4.72 Å². The van der Waals surface area contributed by atoms with E-state index in [9.17, 15) is 8.42 Å². The van der Waals surface area contributed by atoms with Gasteiger partial charge in [-0.25, -0.2) is 8.42 Å². The third-order valence-electron chi connectivity index (χ3n) is 6.16. The summed E-state index contributed by atoms with van der Waals surface area (Å²) in [6, 6.07) is 8.04. The van der Waals surface area contributed by atoms with E-state index in [4.69, 9.17) is 0 Å². The molecule has 1 saturated heterocycles. The molecule has 5 heteroatoms. The molecular weight excluding hydrogens is 356 g/mol. The molecule has 1 aliphatic heterocycles. The van der Waals surface area contributed by atoms with Gasteiger partial charge in [0.2, 0.25) is 10.0 Å². The minimum absolute atomic E-state index is 0.0894. The van der Waals surface area contributed by atoms with E-state index in [1.54, 1.807) is 0 Å². The SMILES string of the molecule is CCCCCCN1CCC(C)(c2cccc(NS(=O)(=O)CCC)c2)C(C)C1. The molecule has 2 rings (SSSR count). The lowest BCUT2D eigenvalue weighted by Crippen LogP contribution is -2.47. The van der Waals surface area contributed by atoms with E-state index in [2.05, 4.69) is 36.5 Å². The predicted octanol–water partition coefficient (Wildman–Crippen LogP) is 5.02. The molecule has 1 N–H and O–H groups in total. The largest absolute Gasteiger partial charge is 0.303 e. The van der Waals surface area contributed by atoms with Gasteiger partial charge in [0.1, 0.15) is 0 Å². The Kier molecular flexibility index (Phi) is 8.17. The van der Waals surface area contributed by atoms with E-state index in [0.717, 1.165) is 19.5 Å². The zero-order valence-electron chi connectivity index (χ0n) is 17.6. The van der Waals surface area contributed by atoms with Crippen LogP contribution in [0.25, 0.3) is 0 Å². The first kappa shape index (κ1) is 22.2. The van der Waals surface area contributed by atoms with Crippen molar-refractivity contribution < 1.29 is 8.42 Å². The summed E-state index contributed by atoms with van der Waals surface area (Å²) in [5, 5.41) is 0. The summed E-state index contributed by atoms with van der Waals surface area (Å²) in [6.45, 7) is 12.3. The fraction of sp³-hybridized carbons (Fsp3) is 0.727. The van der Waals surface area contributed by atoms with Crippen LogP contribution in [0.15, 0.2) is 24.3 Å². The van der Waals surface area contributed by atoms with Crippen molar-refractivity contribution in [2.24, 2.45) is 5.92 Å². The van der Waals surface area contributed by atoms with Crippen LogP contribution in [0, 0.1) is 5.92 Å². The summed E-state index contributed by atoms with van der Waals surface area (Å²) in [5.41, 5.74) is 2.03. The fourth-order valence-electron chi connectivity index (χ4n) is 4.15. The highest BCUT2D eigenvalue weighted by Gasteiger charge is 2.37. The van der Waals surface area contributed by atoms with Crippen molar-refractivity contribution in [3.05, 3.63) is 29.8 Å². The van der Waals surface area contributed by atoms with Gasteiger partial charge in [-0.1, -0.05) is 59.1 Å². The van der Waals surface area contributed by atoms with Crippen molar-refractivity contribution in [1.29, 1.82) is 0 Å². The predicted molar refractivity (Wildman–Crippen MR) is 116 cm³/mol. The molecule has 1 aliphatic rings. The summed E-state index contributed by atoms with van der Waals surface area (Å²) < 4.78 is 26.9. The first-order valence-electron chi connectivity index (χ1n) is 10.6. The van der Waals surface area contributed by atoms with Gasteiger partial charge in [0.25, 0.3) is 0 Å². The molecule has 27 heavy (non-hydrogen) atoms. The molecular formula is C22H38N2O2S. The second kappa shape index (κ2) is 9.92. The van der Waals surface area contributed by atoms with Crippen molar-refractivity contribution in [1.82, 2.24) is 4.90 Å². The number of nitrogens with zero attached hydrogens (tertiary/aromatic N) is 1. The average molecular weight is 395 g/mol. The molecule has 0 spiro atoms. The Hall–Kier alpha value is -1.07. The number of hydrogen-bond donors (Lipinski definition) is 1. The number of anilines is 1. The highest BCUT2D eigenvalue weighted by molar-refractivity contribution is 7.92. The molecule has 2 unspecified atom stereocenters. The first-order chi connectivity index (χ1) is 12.8. The minimum atomic E-state index is -3.25. The van der Waals surface area contributed by atoms with Crippen LogP contribution in [0.2, 0.25) is 0 Å². The fourth-order valence-corrected chi connectivity index (χ4v) is 5.27. The quantitative estimate of drug-likeness (QED) is 0.567. The Morgan fingerprint density at radius 1 is 1.19 bits per heavy atom. The summed E-state index contributed by atoms with van der Waals surface area (Å²) in [5.74, 6) is 0.706. The lowest BCUT2D eigenvalue weighted by Gasteiger charge is -2.45. The molecule has 1 aromatic rings. The van der Waals surface area contributed by atoms with Crippen molar-refractivity contribution in [3.8, 4) is 0 Å². The van der Waals surface area contributed by atoms with Gasteiger partial charge in [-0.3, -0.25) is 4.72 Å². The summed E-state index contributed by atoms with van der Waals surface area (Å²) in [4.78, 5) is 2.61. The highest BCUT2D eigenvalue weighted by atomic mass is 32.2. The van der Waals surface area contributed by atoms with Gasteiger partial charge in [0.15, 0.2) is 0 Å². The smallest absolute Gasteiger partial charge is 0.232 e. The topological polar surface area (TPSA) is 49.4 Å². The number of rotatable bonds is 10. The molecule has 2 atom stereocenters. The molecule has 1 heterocycles. The van der Waals surface area contributed by atoms with Gasteiger partial charge >= 0.3 is 0 Å². The van der Waals surface area contributed by atoms with E-state index in [1.807, 2.05) is 25.1 Å². The maximum atomic E-state index is 12.1. The maximum absolute atomic E-state index is 12.1. The number of benzene rings is 1. The van der Waals surface area contributed by atoms with Crippen molar-refractivity contribution in [2.45, 2.75) is 71.6 Å². The zero-order chi connectivity index (χ0) is 19.9. The van der Waals surface area contributed by atoms with Crippen molar-refractivity contribution in [2.75, 3.05) is 30.1 Å². The summed E-state index contributed by atoms with van der Waals surface area (Å²) in [7, 11) is -3.25. The number of nitrogens with one attached hydrogen (secondary N) is 1.